The summed E-state index contributed by atoms with van der Waals surface area (Å²) in [5.41, 5.74) is 0. The smallest absolute Gasteiger partial charge is 0.144 e. The first kappa shape index (κ1) is 30.8. The van der Waals surface area contributed by atoms with E-state index >= 15 is 0 Å². The minimum absolute atomic E-state index is 0.698. The van der Waals surface area contributed by atoms with E-state index in [1.54, 1.807) is 0 Å². The number of hydrogen-bond acceptors (Lipinski definition) is 4. The summed E-state index contributed by atoms with van der Waals surface area (Å²) in [6.07, 6.45) is 0. The largest absolute Gasteiger partial charge is 0.222 e. The van der Waals surface area contributed by atoms with Crippen molar-refractivity contribution in [3.05, 3.63) is 176 Å². The van der Waals surface area contributed by atoms with Crippen LogP contribution in [0.25, 0.3) is 0 Å². The van der Waals surface area contributed by atoms with E-state index in [-0.39, 0.29) is 0 Å². The van der Waals surface area contributed by atoms with Gasteiger partial charge >= 0.3 is 0 Å². The minimum atomic E-state index is -4.94. The molecule has 6 rings (SSSR count). The molecule has 0 aromatic heterocycles. The van der Waals surface area contributed by atoms with Crippen molar-refractivity contribution >= 4 is 52.3 Å². The normalized spacial score (nSPS) is 11.5. The van der Waals surface area contributed by atoms with Crippen molar-refractivity contribution in [1.82, 2.24) is 0 Å². The maximum Gasteiger partial charge on any atom is 0.144 e. The maximum atomic E-state index is 8.49. The summed E-state index contributed by atoms with van der Waals surface area (Å²) in [7, 11) is -7.79. The molecule has 0 N–H and O–H groups in total. The molecule has 0 spiro atoms. The highest BCUT2D eigenvalue weighted by Crippen LogP contribution is 2.54. The Balaban J connectivity index is 0.000000682. The molecule has 214 valence electrons. The molecule has 6 aromatic rings. The summed E-state index contributed by atoms with van der Waals surface area (Å²) in [6, 6.07) is 64.8. The molecule has 7 heteroatoms. The van der Waals surface area contributed by atoms with Gasteiger partial charge in [-0.2, -0.15) is 0 Å². The Bertz CT molecular complexity index is 1560. The van der Waals surface area contributed by atoms with Gasteiger partial charge < -0.3 is 0 Å². The van der Waals surface area contributed by atoms with Crippen LogP contribution in [0.4, 0.5) is 0 Å². The summed E-state index contributed by atoms with van der Waals surface area (Å²) in [4.78, 5) is 0. The Morgan fingerprint density at radius 2 is 0.628 bits per heavy atom. The van der Waals surface area contributed by atoms with Crippen molar-refractivity contribution in [2.45, 2.75) is 0 Å². The van der Waals surface area contributed by atoms with Crippen LogP contribution >= 0.6 is 15.2 Å². The van der Waals surface area contributed by atoms with E-state index in [1.165, 1.54) is 37.1 Å². The van der Waals surface area contributed by atoms with Crippen molar-refractivity contribution in [3.8, 4) is 0 Å². The summed E-state index contributed by atoms with van der Waals surface area (Å²) in [5, 5.41) is 9.62. The second-order valence-electron chi connectivity index (χ2n) is 9.58. The first-order valence-corrected chi connectivity index (χ1v) is 17.9. The summed E-state index contributed by atoms with van der Waals surface area (Å²) < 4.78 is 34.0. The van der Waals surface area contributed by atoms with Gasteiger partial charge in [0.2, 0.25) is 0 Å². The van der Waals surface area contributed by atoms with Gasteiger partial charge in [-0.05, 0) is 72.4 Å². The predicted octanol–water partition coefficient (Wildman–Crippen LogP) is 1.31. The van der Waals surface area contributed by atoms with Crippen LogP contribution in [0.15, 0.2) is 176 Å². The summed E-state index contributed by atoms with van der Waals surface area (Å²) in [5.74, 6) is 0. The van der Waals surface area contributed by atoms with E-state index in [0.717, 1.165) is 0 Å². The lowest BCUT2D eigenvalue weighted by molar-refractivity contribution is -2.00. The highest BCUT2D eigenvalue weighted by molar-refractivity contribution is 8.01. The average molecular weight is 623 g/mol. The first-order chi connectivity index (χ1) is 20.9. The van der Waals surface area contributed by atoms with Gasteiger partial charge in [0, 0.05) is 0 Å². The molecular weight excluding hydrogens is 594 g/mol. The lowest BCUT2D eigenvalue weighted by Crippen LogP contribution is -2.68. The van der Waals surface area contributed by atoms with Crippen LogP contribution in [0, 0.1) is 10.2 Å². The summed E-state index contributed by atoms with van der Waals surface area (Å²) >= 11 is 0. The molecule has 43 heavy (non-hydrogen) atoms. The number of rotatable bonds is 7. The maximum absolute atomic E-state index is 8.49. The molecule has 0 aliphatic heterocycles. The molecular formula is C36H29ClO4P2. The van der Waals surface area contributed by atoms with Crippen LogP contribution in [0.2, 0.25) is 0 Å². The SMILES string of the molecule is [O-][Cl+3]([O-])([O-])[O-].c1ccc(P(c2ccccc2)c2cccc([P+](c3ccccc3)(c3ccccc3)c3ccccc3)c2)cc1. The van der Waals surface area contributed by atoms with E-state index in [9.17, 15) is 0 Å². The first-order valence-electron chi connectivity index (χ1n) is 13.6. The fourth-order valence-corrected chi connectivity index (χ4v) is 12.0. The zero-order valence-electron chi connectivity index (χ0n) is 23.1. The third kappa shape index (κ3) is 7.46. The van der Waals surface area contributed by atoms with Gasteiger partial charge in [0.15, 0.2) is 0 Å². The standard InChI is InChI=1S/C36H29P2.ClHO4/c1-6-17-30(18-7-1)37(31-19-8-2-9-20-31)32-21-16-28-36(29-32)38(33-22-10-3-11-23-33,34-24-12-4-13-25-34)35-26-14-5-15-27-35;2-1(3,4)5/h1-29H;(H,2,3,4,5)/q+1;/p-1. The molecule has 0 saturated carbocycles. The van der Waals surface area contributed by atoms with Gasteiger partial charge in [-0.1, -0.05) is 127 Å². The fourth-order valence-electron chi connectivity index (χ4n) is 5.29. The van der Waals surface area contributed by atoms with Gasteiger partial charge in [-0.25, -0.2) is 18.6 Å². The fraction of sp³-hybridized carbons (Fsp3) is 0. The van der Waals surface area contributed by atoms with Gasteiger partial charge in [-0.15, -0.1) is 10.2 Å². The molecule has 0 fully saturated rings. The molecule has 0 bridgehead atoms. The predicted molar refractivity (Wildman–Crippen MR) is 170 cm³/mol. The average Bonchev–Trinajstić information content (AvgIpc) is 3.04. The molecule has 0 radical (unpaired) electrons. The van der Waals surface area contributed by atoms with Crippen LogP contribution in [0.3, 0.4) is 0 Å². The molecule has 6 aromatic carbocycles. The van der Waals surface area contributed by atoms with Crippen molar-refractivity contribution in [2.75, 3.05) is 0 Å². The van der Waals surface area contributed by atoms with Crippen molar-refractivity contribution < 1.29 is 28.9 Å². The highest BCUT2D eigenvalue weighted by Gasteiger charge is 2.48. The Morgan fingerprint density at radius 3 is 0.977 bits per heavy atom. The molecule has 0 unspecified atom stereocenters. The number of hydrogen-bond donors (Lipinski definition) is 0. The third-order valence-electron chi connectivity index (χ3n) is 6.93. The zero-order valence-corrected chi connectivity index (χ0v) is 25.7. The van der Waals surface area contributed by atoms with Crippen LogP contribution in [0.5, 0.6) is 0 Å². The molecule has 0 heterocycles. The van der Waals surface area contributed by atoms with E-state index in [4.69, 9.17) is 18.6 Å². The van der Waals surface area contributed by atoms with E-state index in [2.05, 4.69) is 176 Å². The molecule has 4 nitrogen and oxygen atoms in total. The summed E-state index contributed by atoms with van der Waals surface area (Å²) in [6.45, 7) is 0. The van der Waals surface area contributed by atoms with E-state index < -0.39 is 25.4 Å². The molecule has 0 saturated heterocycles. The van der Waals surface area contributed by atoms with E-state index in [1.807, 2.05) is 0 Å². The number of benzene rings is 6. The second kappa shape index (κ2) is 14.2. The number of halogens is 1. The van der Waals surface area contributed by atoms with Crippen molar-refractivity contribution in [3.63, 3.8) is 0 Å². The van der Waals surface area contributed by atoms with Crippen LogP contribution < -0.4 is 55.8 Å². The van der Waals surface area contributed by atoms with Gasteiger partial charge in [0.05, 0.1) is 0 Å². The van der Waals surface area contributed by atoms with Crippen LogP contribution in [-0.4, -0.2) is 0 Å². The zero-order chi connectivity index (χ0) is 30.1. The molecule has 0 aliphatic rings. The van der Waals surface area contributed by atoms with Gasteiger partial charge in [0.1, 0.15) is 28.5 Å². The highest BCUT2D eigenvalue weighted by atomic mass is 35.7. The quantitative estimate of drug-likeness (QED) is 0.251. The monoisotopic (exact) mass is 622 g/mol. The second-order valence-corrected chi connectivity index (χ2v) is 16.0. The van der Waals surface area contributed by atoms with Crippen LogP contribution in [-0.2, 0) is 0 Å². The third-order valence-corrected chi connectivity index (χ3v) is 13.6. The Kier molecular flexibility index (Phi) is 10.1. The Labute approximate surface area is 256 Å². The van der Waals surface area contributed by atoms with Crippen molar-refractivity contribution in [1.29, 1.82) is 0 Å². The Hall–Kier alpha value is -3.69. The van der Waals surface area contributed by atoms with Gasteiger partial charge in [-0.3, -0.25) is 0 Å². The molecule has 0 amide bonds. The van der Waals surface area contributed by atoms with E-state index in [0.29, 0.717) is 0 Å². The lowest BCUT2D eigenvalue weighted by Gasteiger charge is -2.28. The van der Waals surface area contributed by atoms with Crippen LogP contribution in [0.1, 0.15) is 0 Å². The topological polar surface area (TPSA) is 92.2 Å². The molecule has 0 atom stereocenters. The Morgan fingerprint density at radius 1 is 0.349 bits per heavy atom. The van der Waals surface area contributed by atoms with Gasteiger partial charge in [0.25, 0.3) is 0 Å². The minimum Gasteiger partial charge on any atom is -0.222 e. The van der Waals surface area contributed by atoms with Crippen molar-refractivity contribution in [2.24, 2.45) is 0 Å². The molecule has 0 aliphatic carbocycles. The lowest BCUT2D eigenvalue weighted by atomic mass is 10.3.